The van der Waals surface area contributed by atoms with Gasteiger partial charge < -0.3 is 26.2 Å². The number of nitrogens with one attached hydrogen (secondary N) is 4. The fraction of sp³-hybridized carbons (Fsp3) is 0.349. The highest BCUT2D eigenvalue weighted by Gasteiger charge is 2.47. The van der Waals surface area contributed by atoms with Crippen molar-refractivity contribution in [1.82, 2.24) is 31.2 Å². The van der Waals surface area contributed by atoms with E-state index in [9.17, 15) is 71.1 Å². The standard InChI is InChI=1S/C63H72N8O16S4/c1-8-11-15-27-71-52-38-53(91(85,86)87)46-33-40(43-36-47(58(72)64-9-2)68-48(37-43)59(73)65-10-3)20-23-45(46)57(52)63(6,7)55(71)18-14-12-13-17-54-62(4,5)56-44-22-19-39(32-41(44)21-24-51(56)70(54)28-16-29-88(76,77)78)42-34-49(60(74)66-25-30-89(79,80)81)69-50(35-42)61(75)67-26-31-90(82,83)84/h12-14,17-24,32-38H,8-11,15-16,25-31H2,1-7H3,(H7-,64,65,66,67,72,73,74,75,76,77,78,79,80,81,82,83,84,85,86,87)/p+1. The first kappa shape index (κ1) is 68.8. The highest BCUT2D eigenvalue weighted by Crippen LogP contribution is 2.52. The molecular formula is C63H73N8O16S4+. The van der Waals surface area contributed by atoms with Crippen LogP contribution in [0.15, 0.2) is 120 Å². The third kappa shape index (κ3) is 16.0. The van der Waals surface area contributed by atoms with Crippen LogP contribution in [0.2, 0.25) is 0 Å². The monoisotopic (exact) mass is 1330 g/mol. The molecule has 0 unspecified atom stereocenters. The van der Waals surface area contributed by atoms with E-state index in [2.05, 4.69) is 42.7 Å². The molecule has 8 rings (SSSR count). The number of carbonyl (C=O) groups is 4. The van der Waals surface area contributed by atoms with E-state index >= 15 is 0 Å². The molecule has 4 amide bonds. The van der Waals surface area contributed by atoms with E-state index in [0.29, 0.717) is 58.3 Å². The SMILES string of the molecule is CCCCC[N+]1=C(/C=C/C=C/C=C2/N(CCCS(=O)(=O)O)c3ccc4cc(-c5cc(C(=O)NCCS(=O)(=O)O)nc(C(=O)NCCS(=O)(=O)O)c5)ccc4c3C2(C)C)C(C)(C)c2c1cc(S(=O)(=O)O)c1cc(-c3cc(C(=O)NCC)nc(C(=O)NCC)c3)ccc21. The van der Waals surface area contributed by atoms with Crippen molar-refractivity contribution in [2.45, 2.75) is 89.9 Å². The average molecular weight is 1330 g/mol. The second-order valence-corrected chi connectivity index (χ2v) is 29.1. The number of rotatable bonds is 26. The molecule has 0 aliphatic carbocycles. The number of aromatic nitrogens is 2. The van der Waals surface area contributed by atoms with Gasteiger partial charge in [-0.3, -0.25) is 37.4 Å². The van der Waals surface area contributed by atoms with E-state index in [1.54, 1.807) is 38.1 Å². The Morgan fingerprint density at radius 3 is 1.56 bits per heavy atom. The third-order valence-electron chi connectivity index (χ3n) is 15.8. The molecule has 0 atom stereocenters. The molecule has 91 heavy (non-hydrogen) atoms. The summed E-state index contributed by atoms with van der Waals surface area (Å²) >= 11 is 0. The fourth-order valence-electron chi connectivity index (χ4n) is 11.7. The number of fused-ring (bicyclic) bond motifs is 6. The van der Waals surface area contributed by atoms with Crippen molar-refractivity contribution in [1.29, 1.82) is 0 Å². The molecule has 484 valence electrons. The zero-order valence-corrected chi connectivity index (χ0v) is 54.5. The predicted molar refractivity (Wildman–Crippen MR) is 348 cm³/mol. The summed E-state index contributed by atoms with van der Waals surface area (Å²) in [6.07, 6.45) is 12.0. The van der Waals surface area contributed by atoms with Gasteiger partial charge in [-0.1, -0.05) is 75.8 Å². The number of pyridine rings is 2. The Hall–Kier alpha value is -8.09. The molecular weight excluding hydrogens is 1250 g/mol. The lowest BCUT2D eigenvalue weighted by Gasteiger charge is -2.27. The van der Waals surface area contributed by atoms with Crippen molar-refractivity contribution in [2.24, 2.45) is 0 Å². The van der Waals surface area contributed by atoms with Gasteiger partial charge in [0.2, 0.25) is 5.69 Å². The molecule has 0 saturated carbocycles. The lowest BCUT2D eigenvalue weighted by molar-refractivity contribution is -0.438. The van der Waals surface area contributed by atoms with Gasteiger partial charge in [-0.2, -0.15) is 38.2 Å². The molecule has 0 saturated heterocycles. The van der Waals surface area contributed by atoms with Crippen LogP contribution in [0.4, 0.5) is 11.4 Å². The lowest BCUT2D eigenvalue weighted by Crippen LogP contribution is -2.32. The Labute approximate surface area is 529 Å². The third-order valence-corrected chi connectivity index (χ3v) is 18.9. The predicted octanol–water partition coefficient (Wildman–Crippen LogP) is 7.74. The molecule has 2 aliphatic rings. The van der Waals surface area contributed by atoms with Gasteiger partial charge in [0.05, 0.1) is 22.7 Å². The van der Waals surface area contributed by atoms with Crippen molar-refractivity contribution in [3.63, 3.8) is 0 Å². The number of carbonyl (C=O) groups excluding carboxylic acids is 4. The van der Waals surface area contributed by atoms with Crippen LogP contribution < -0.4 is 26.2 Å². The van der Waals surface area contributed by atoms with E-state index in [4.69, 9.17) is 0 Å². The molecule has 8 N–H and O–H groups in total. The van der Waals surface area contributed by atoms with Gasteiger partial charge in [0, 0.05) is 79.0 Å². The number of anilines is 1. The normalized spacial score (nSPS) is 15.2. The number of hydrogen-bond acceptors (Lipinski definition) is 15. The summed E-state index contributed by atoms with van der Waals surface area (Å²) in [6.45, 7) is 14.0. The van der Waals surface area contributed by atoms with Crippen molar-refractivity contribution in [3.05, 3.63) is 149 Å². The van der Waals surface area contributed by atoms with Crippen LogP contribution in [0.1, 0.15) is 127 Å². The maximum Gasteiger partial charge on any atom is 0.295 e. The van der Waals surface area contributed by atoms with Gasteiger partial charge in [0.15, 0.2) is 5.71 Å². The average Bonchev–Trinajstić information content (AvgIpc) is 1.60. The minimum Gasteiger partial charge on any atom is -0.351 e. The van der Waals surface area contributed by atoms with E-state index < -0.39 is 105 Å². The number of amides is 4. The molecule has 0 radical (unpaired) electrons. The van der Waals surface area contributed by atoms with Gasteiger partial charge in [0.25, 0.3) is 64.1 Å². The minimum atomic E-state index is -4.86. The Morgan fingerprint density at radius 2 is 1.05 bits per heavy atom. The van der Waals surface area contributed by atoms with Gasteiger partial charge in [-0.25, -0.2) is 9.97 Å². The fourth-order valence-corrected chi connectivity index (χ4v) is 13.6. The Bertz CT molecular complexity index is 4440. The second kappa shape index (κ2) is 27.4. The van der Waals surface area contributed by atoms with Crippen LogP contribution >= 0.6 is 0 Å². The first-order chi connectivity index (χ1) is 42.7. The number of unbranched alkanes of at least 4 members (excludes halogenated alkanes) is 2. The second-order valence-electron chi connectivity index (χ2n) is 23.0. The van der Waals surface area contributed by atoms with E-state index in [1.807, 2.05) is 87.2 Å². The summed E-state index contributed by atoms with van der Waals surface area (Å²) in [4.78, 5) is 63.0. The van der Waals surface area contributed by atoms with Crippen LogP contribution in [0.3, 0.4) is 0 Å². The summed E-state index contributed by atoms with van der Waals surface area (Å²) < 4.78 is 138. The molecule has 4 aromatic carbocycles. The van der Waals surface area contributed by atoms with Crippen LogP contribution in [0.25, 0.3) is 43.8 Å². The quantitative estimate of drug-likeness (QED) is 0.0111. The Balaban J connectivity index is 1.17. The molecule has 0 bridgehead atoms. The summed E-state index contributed by atoms with van der Waals surface area (Å²) in [7, 11) is -18.1. The first-order valence-electron chi connectivity index (χ1n) is 29.3. The molecule has 6 aromatic rings. The molecule has 2 aromatic heterocycles. The molecule has 0 spiro atoms. The van der Waals surface area contributed by atoms with Crippen molar-refractivity contribution in [2.75, 3.05) is 61.4 Å². The summed E-state index contributed by atoms with van der Waals surface area (Å²) in [5.74, 6) is -4.90. The molecule has 24 nitrogen and oxygen atoms in total. The zero-order valence-electron chi connectivity index (χ0n) is 51.2. The summed E-state index contributed by atoms with van der Waals surface area (Å²) in [5, 5.41) is 12.4. The van der Waals surface area contributed by atoms with Gasteiger partial charge >= 0.3 is 0 Å². The molecule has 4 heterocycles. The number of hydrogen-bond donors (Lipinski definition) is 8. The maximum absolute atomic E-state index is 13.5. The van der Waals surface area contributed by atoms with E-state index in [-0.39, 0.29) is 46.0 Å². The zero-order chi connectivity index (χ0) is 66.6. The number of allylic oxidation sites excluding steroid dienone is 6. The van der Waals surface area contributed by atoms with Crippen molar-refractivity contribution in [3.8, 4) is 22.3 Å². The molecule has 2 aliphatic heterocycles. The first-order valence-corrected chi connectivity index (χ1v) is 35.6. The van der Waals surface area contributed by atoms with Gasteiger partial charge in [-0.15, -0.1) is 0 Å². The Kier molecular flexibility index (Phi) is 20.7. The van der Waals surface area contributed by atoms with E-state index in [1.165, 1.54) is 30.3 Å². The van der Waals surface area contributed by atoms with Gasteiger partial charge in [0.1, 0.15) is 34.2 Å². The van der Waals surface area contributed by atoms with E-state index in [0.717, 1.165) is 52.9 Å². The topological polar surface area (TPSA) is 366 Å². The minimum absolute atomic E-state index is 0.0171. The smallest absolute Gasteiger partial charge is 0.295 e. The lowest BCUT2D eigenvalue weighted by atomic mass is 9.78. The number of benzene rings is 4. The summed E-state index contributed by atoms with van der Waals surface area (Å²) in [5.41, 5.74) is 4.15. The maximum atomic E-state index is 13.5. The van der Waals surface area contributed by atoms with Crippen LogP contribution in [0.5, 0.6) is 0 Å². The van der Waals surface area contributed by atoms with Gasteiger partial charge in [-0.05, 0) is 133 Å². The van der Waals surface area contributed by atoms with Crippen molar-refractivity contribution >= 4 is 103 Å². The Morgan fingerprint density at radius 1 is 0.538 bits per heavy atom. The largest absolute Gasteiger partial charge is 0.351 e. The molecule has 28 heteroatoms. The van der Waals surface area contributed by atoms with Crippen LogP contribution in [-0.2, 0) is 51.3 Å². The van der Waals surface area contributed by atoms with Crippen molar-refractivity contribution < 1.29 is 75.6 Å². The highest BCUT2D eigenvalue weighted by molar-refractivity contribution is 7.86. The number of nitrogens with zero attached hydrogens (tertiary/aromatic N) is 4. The van der Waals surface area contributed by atoms with Crippen LogP contribution in [0, 0.1) is 0 Å². The summed E-state index contributed by atoms with van der Waals surface area (Å²) in [6, 6.07) is 21.6. The van der Waals surface area contributed by atoms with Crippen LogP contribution in [-0.4, -0.2) is 152 Å². The molecule has 0 fully saturated rings. The highest BCUT2D eigenvalue weighted by atomic mass is 32.2.